The van der Waals surface area contributed by atoms with Gasteiger partial charge in [0.15, 0.2) is 0 Å². The molecule has 0 bridgehead atoms. The van der Waals surface area contributed by atoms with Crippen LogP contribution in [0.4, 0.5) is 5.69 Å². The minimum absolute atomic E-state index is 0.439. The Balaban J connectivity index is 2.42. The van der Waals surface area contributed by atoms with Crippen molar-refractivity contribution in [2.24, 2.45) is 0 Å². The quantitative estimate of drug-likeness (QED) is 0.548. The maximum absolute atomic E-state index is 10.6. The van der Waals surface area contributed by atoms with Gasteiger partial charge >= 0.3 is 0 Å². The van der Waals surface area contributed by atoms with Crippen LogP contribution in [0.5, 0.6) is 0 Å². The van der Waals surface area contributed by atoms with Crippen LogP contribution in [0, 0.1) is 0 Å². The molecule has 0 radical (unpaired) electrons. The number of nitrogens with one attached hydrogen (secondary N) is 1. The normalized spacial score (nSPS) is 14.8. The zero-order chi connectivity index (χ0) is 9.26. The van der Waals surface area contributed by atoms with Gasteiger partial charge in [0.2, 0.25) is 0 Å². The zero-order valence-corrected chi connectivity index (χ0v) is 7.64. The Bertz CT molecular complexity index is 384. The van der Waals surface area contributed by atoms with Crippen LogP contribution in [0.15, 0.2) is 35.0 Å². The van der Waals surface area contributed by atoms with Crippen molar-refractivity contribution in [2.45, 2.75) is 6.42 Å². The summed E-state index contributed by atoms with van der Waals surface area (Å²) in [7, 11) is 0. The van der Waals surface area contributed by atoms with Gasteiger partial charge in [-0.25, -0.2) is 0 Å². The zero-order valence-electron chi connectivity index (χ0n) is 6.88. The highest BCUT2D eigenvalue weighted by Gasteiger charge is 2.14. The van der Waals surface area contributed by atoms with Crippen LogP contribution >= 0.6 is 11.6 Å². The van der Waals surface area contributed by atoms with E-state index < -0.39 is 0 Å². The van der Waals surface area contributed by atoms with E-state index in [0.717, 1.165) is 17.5 Å². The molecule has 1 heterocycles. The first-order valence-corrected chi connectivity index (χ1v) is 4.38. The predicted octanol–water partition coefficient (Wildman–Crippen LogP) is 2.30. The SMILES string of the molecule is O=CC1=C(Cl)Nc2ccccc2C1. The van der Waals surface area contributed by atoms with Gasteiger partial charge in [-0.2, -0.15) is 0 Å². The Morgan fingerprint density at radius 2 is 2.15 bits per heavy atom. The van der Waals surface area contributed by atoms with E-state index in [1.54, 1.807) is 0 Å². The molecule has 0 atom stereocenters. The fourth-order valence-corrected chi connectivity index (χ4v) is 1.58. The van der Waals surface area contributed by atoms with E-state index >= 15 is 0 Å². The maximum atomic E-state index is 10.6. The summed E-state index contributed by atoms with van der Waals surface area (Å²) in [4.78, 5) is 10.6. The molecular formula is C10H8ClNO. The van der Waals surface area contributed by atoms with Gasteiger partial charge < -0.3 is 5.32 Å². The van der Waals surface area contributed by atoms with Crippen molar-refractivity contribution >= 4 is 23.6 Å². The van der Waals surface area contributed by atoms with E-state index in [0.29, 0.717) is 17.2 Å². The summed E-state index contributed by atoms with van der Waals surface area (Å²) in [5.74, 6) is 0. The topological polar surface area (TPSA) is 29.1 Å². The van der Waals surface area contributed by atoms with Crippen LogP contribution in [-0.2, 0) is 11.2 Å². The molecule has 0 amide bonds. The van der Waals surface area contributed by atoms with Crippen LogP contribution < -0.4 is 5.32 Å². The van der Waals surface area contributed by atoms with Crippen molar-refractivity contribution in [3.63, 3.8) is 0 Å². The third-order valence-corrected chi connectivity index (χ3v) is 2.40. The number of benzene rings is 1. The van der Waals surface area contributed by atoms with E-state index in [-0.39, 0.29) is 0 Å². The molecule has 0 fully saturated rings. The second kappa shape index (κ2) is 3.23. The third kappa shape index (κ3) is 1.45. The molecule has 0 spiro atoms. The summed E-state index contributed by atoms with van der Waals surface area (Å²) in [5.41, 5.74) is 2.70. The molecule has 66 valence electrons. The van der Waals surface area contributed by atoms with E-state index in [4.69, 9.17) is 11.6 Å². The third-order valence-electron chi connectivity index (χ3n) is 2.07. The van der Waals surface area contributed by atoms with Crippen molar-refractivity contribution in [2.75, 3.05) is 5.32 Å². The number of aldehydes is 1. The van der Waals surface area contributed by atoms with Crippen molar-refractivity contribution in [3.8, 4) is 0 Å². The summed E-state index contributed by atoms with van der Waals surface area (Å²) >= 11 is 5.85. The van der Waals surface area contributed by atoms with Crippen LogP contribution in [-0.4, -0.2) is 6.29 Å². The number of hydrogen-bond acceptors (Lipinski definition) is 2. The summed E-state index contributed by atoms with van der Waals surface area (Å²) < 4.78 is 0. The van der Waals surface area contributed by atoms with Gasteiger partial charge in [0.1, 0.15) is 11.4 Å². The Labute approximate surface area is 81.2 Å². The van der Waals surface area contributed by atoms with Crippen LogP contribution in [0.1, 0.15) is 5.56 Å². The molecule has 2 nitrogen and oxygen atoms in total. The molecule has 1 aliphatic rings. The van der Waals surface area contributed by atoms with Gasteiger partial charge in [0.05, 0.1) is 0 Å². The molecule has 1 aliphatic heterocycles. The number of carbonyl (C=O) groups is 1. The molecule has 1 N–H and O–H groups in total. The average molecular weight is 194 g/mol. The highest BCUT2D eigenvalue weighted by atomic mass is 35.5. The number of rotatable bonds is 1. The molecule has 0 aliphatic carbocycles. The average Bonchev–Trinajstić information content (AvgIpc) is 2.17. The van der Waals surface area contributed by atoms with Crippen LogP contribution in [0.3, 0.4) is 0 Å². The van der Waals surface area contributed by atoms with E-state index in [1.807, 2.05) is 24.3 Å². The molecule has 3 heteroatoms. The number of hydrogen-bond donors (Lipinski definition) is 1. The summed E-state index contributed by atoms with van der Waals surface area (Å²) in [6.07, 6.45) is 1.41. The first-order valence-electron chi connectivity index (χ1n) is 4.00. The maximum Gasteiger partial charge on any atom is 0.149 e. The molecule has 1 aromatic rings. The fraction of sp³-hybridized carbons (Fsp3) is 0.100. The van der Waals surface area contributed by atoms with Gasteiger partial charge in [-0.1, -0.05) is 29.8 Å². The lowest BCUT2D eigenvalue weighted by molar-refractivity contribution is -0.105. The number of para-hydroxylation sites is 1. The molecule has 1 aromatic carbocycles. The lowest BCUT2D eigenvalue weighted by Crippen LogP contribution is -2.10. The van der Waals surface area contributed by atoms with Gasteiger partial charge in [-0.15, -0.1) is 0 Å². The van der Waals surface area contributed by atoms with Gasteiger partial charge in [0, 0.05) is 17.7 Å². The minimum Gasteiger partial charge on any atom is -0.346 e. The largest absolute Gasteiger partial charge is 0.346 e. The van der Waals surface area contributed by atoms with Crippen molar-refractivity contribution in [1.82, 2.24) is 0 Å². The van der Waals surface area contributed by atoms with E-state index in [9.17, 15) is 4.79 Å². The summed E-state index contributed by atoms with van der Waals surface area (Å²) in [6, 6.07) is 7.80. The molecule has 13 heavy (non-hydrogen) atoms. The number of anilines is 1. The highest BCUT2D eigenvalue weighted by molar-refractivity contribution is 6.32. The molecule has 0 aromatic heterocycles. The Hall–Kier alpha value is -1.28. The lowest BCUT2D eigenvalue weighted by Gasteiger charge is -2.17. The number of allylic oxidation sites excluding steroid dienone is 1. The van der Waals surface area contributed by atoms with E-state index in [1.165, 1.54) is 0 Å². The lowest BCUT2D eigenvalue weighted by atomic mass is 10.0. The predicted molar refractivity (Wildman–Crippen MR) is 52.7 cm³/mol. The summed E-state index contributed by atoms with van der Waals surface area (Å²) in [6.45, 7) is 0. The minimum atomic E-state index is 0.439. The van der Waals surface area contributed by atoms with Crippen LogP contribution in [0.25, 0.3) is 0 Å². The number of halogens is 1. The molecule has 0 saturated heterocycles. The number of fused-ring (bicyclic) bond motifs is 1. The fourth-order valence-electron chi connectivity index (χ4n) is 1.37. The van der Waals surface area contributed by atoms with Crippen molar-refractivity contribution in [1.29, 1.82) is 0 Å². The van der Waals surface area contributed by atoms with Crippen molar-refractivity contribution < 1.29 is 4.79 Å². The van der Waals surface area contributed by atoms with E-state index in [2.05, 4.69) is 5.32 Å². The monoisotopic (exact) mass is 193 g/mol. The second-order valence-corrected chi connectivity index (χ2v) is 3.29. The summed E-state index contributed by atoms with van der Waals surface area (Å²) in [5, 5.41) is 3.41. The molecule has 2 rings (SSSR count). The number of carbonyl (C=O) groups excluding carboxylic acids is 1. The van der Waals surface area contributed by atoms with Gasteiger partial charge in [0.25, 0.3) is 0 Å². The Morgan fingerprint density at radius 3 is 2.92 bits per heavy atom. The van der Waals surface area contributed by atoms with Gasteiger partial charge in [-0.05, 0) is 11.6 Å². The smallest absolute Gasteiger partial charge is 0.149 e. The first kappa shape index (κ1) is 8.32. The van der Waals surface area contributed by atoms with Crippen LogP contribution in [0.2, 0.25) is 0 Å². The Morgan fingerprint density at radius 1 is 1.38 bits per heavy atom. The highest BCUT2D eigenvalue weighted by Crippen LogP contribution is 2.27. The molecule has 0 unspecified atom stereocenters. The van der Waals surface area contributed by atoms with Crippen molar-refractivity contribution in [3.05, 3.63) is 40.6 Å². The second-order valence-electron chi connectivity index (χ2n) is 2.92. The first-order chi connectivity index (χ1) is 6.31. The Kier molecular flexibility index (Phi) is 2.07. The van der Waals surface area contributed by atoms with Gasteiger partial charge in [-0.3, -0.25) is 4.79 Å². The standard InChI is InChI=1S/C10H8ClNO/c11-10-8(6-13)5-7-3-1-2-4-9(7)12-10/h1-4,6,12H,5H2. The molecule has 0 saturated carbocycles. The molecular weight excluding hydrogens is 186 g/mol.